The molecule has 3 N–H and O–H groups in total. The lowest BCUT2D eigenvalue weighted by atomic mass is 10.1. The third kappa shape index (κ3) is 2.81. The topological polar surface area (TPSA) is 56.9 Å². The molecule has 1 amide bonds. The maximum absolute atomic E-state index is 11.9. The number of carbonyl (C=O) groups excluding carboxylic acids is 1. The summed E-state index contributed by atoms with van der Waals surface area (Å²) in [5.41, 5.74) is 2.26. The van der Waals surface area contributed by atoms with E-state index in [1.807, 2.05) is 24.4 Å². The Morgan fingerprint density at radius 1 is 1.45 bits per heavy atom. The van der Waals surface area contributed by atoms with Crippen molar-refractivity contribution in [2.24, 2.45) is 0 Å². The predicted molar refractivity (Wildman–Crippen MR) is 81.0 cm³/mol. The molecule has 1 fully saturated rings. The minimum absolute atomic E-state index is 0.00702. The molecular formula is C15H18ClN3O. The minimum atomic E-state index is -0.00702. The Morgan fingerprint density at radius 3 is 3.15 bits per heavy atom. The monoisotopic (exact) mass is 291 g/mol. The van der Waals surface area contributed by atoms with Crippen LogP contribution in [-0.2, 0) is 11.2 Å². The van der Waals surface area contributed by atoms with Crippen LogP contribution in [-0.4, -0.2) is 30.0 Å². The second kappa shape index (κ2) is 5.85. The standard InChI is InChI=1S/C15H18ClN3O/c16-11-3-4-13-12(8-11)10(9-19-13)5-7-18-15(20)14-2-1-6-17-14/h3-4,8-9,14,17,19H,1-2,5-7H2,(H,18,20). The zero-order valence-corrected chi connectivity index (χ0v) is 12.0. The van der Waals surface area contributed by atoms with Gasteiger partial charge < -0.3 is 15.6 Å². The number of fused-ring (bicyclic) bond motifs is 1. The first-order valence-corrected chi connectivity index (χ1v) is 7.38. The van der Waals surface area contributed by atoms with Crippen LogP contribution in [0.2, 0.25) is 5.02 Å². The molecule has 106 valence electrons. The van der Waals surface area contributed by atoms with E-state index >= 15 is 0 Å². The Labute approximate surface area is 122 Å². The van der Waals surface area contributed by atoms with Crippen LogP contribution in [0.4, 0.5) is 0 Å². The van der Waals surface area contributed by atoms with Gasteiger partial charge in [-0.05, 0) is 49.6 Å². The van der Waals surface area contributed by atoms with Crippen LogP contribution in [0.1, 0.15) is 18.4 Å². The first-order chi connectivity index (χ1) is 9.74. The number of aromatic nitrogens is 1. The van der Waals surface area contributed by atoms with Crippen molar-refractivity contribution in [1.29, 1.82) is 0 Å². The minimum Gasteiger partial charge on any atom is -0.361 e. The van der Waals surface area contributed by atoms with Gasteiger partial charge in [0.25, 0.3) is 0 Å². The van der Waals surface area contributed by atoms with E-state index in [0.29, 0.717) is 6.54 Å². The lowest BCUT2D eigenvalue weighted by Crippen LogP contribution is -2.41. The number of nitrogens with one attached hydrogen (secondary N) is 3. The molecule has 20 heavy (non-hydrogen) atoms. The zero-order chi connectivity index (χ0) is 13.9. The number of hydrogen-bond donors (Lipinski definition) is 3. The molecule has 0 spiro atoms. The largest absolute Gasteiger partial charge is 0.361 e. The molecule has 1 aliphatic heterocycles. The van der Waals surface area contributed by atoms with Gasteiger partial charge in [0.2, 0.25) is 5.91 Å². The molecule has 0 saturated carbocycles. The molecule has 1 unspecified atom stereocenters. The highest BCUT2D eigenvalue weighted by molar-refractivity contribution is 6.31. The Balaban J connectivity index is 1.59. The first-order valence-electron chi connectivity index (χ1n) is 7.00. The highest BCUT2D eigenvalue weighted by atomic mass is 35.5. The van der Waals surface area contributed by atoms with Gasteiger partial charge in [0.05, 0.1) is 6.04 Å². The molecule has 0 bridgehead atoms. The third-order valence-electron chi connectivity index (χ3n) is 3.80. The fourth-order valence-electron chi connectivity index (χ4n) is 2.71. The lowest BCUT2D eigenvalue weighted by Gasteiger charge is -2.10. The van der Waals surface area contributed by atoms with E-state index in [1.165, 1.54) is 5.56 Å². The van der Waals surface area contributed by atoms with Crippen molar-refractivity contribution >= 4 is 28.4 Å². The van der Waals surface area contributed by atoms with E-state index in [4.69, 9.17) is 11.6 Å². The summed E-state index contributed by atoms with van der Waals surface area (Å²) in [7, 11) is 0. The highest BCUT2D eigenvalue weighted by Gasteiger charge is 2.21. The highest BCUT2D eigenvalue weighted by Crippen LogP contribution is 2.22. The number of rotatable bonds is 4. The van der Waals surface area contributed by atoms with Gasteiger partial charge in [-0.25, -0.2) is 0 Å². The smallest absolute Gasteiger partial charge is 0.237 e. The van der Waals surface area contributed by atoms with Crippen molar-refractivity contribution < 1.29 is 4.79 Å². The predicted octanol–water partition coefficient (Wildman–Crippen LogP) is 2.23. The zero-order valence-electron chi connectivity index (χ0n) is 11.2. The molecule has 0 radical (unpaired) electrons. The van der Waals surface area contributed by atoms with Gasteiger partial charge in [-0.1, -0.05) is 11.6 Å². The SMILES string of the molecule is O=C(NCCc1c[nH]c2ccc(Cl)cc12)C1CCCN1. The van der Waals surface area contributed by atoms with Crippen LogP contribution in [0.25, 0.3) is 10.9 Å². The van der Waals surface area contributed by atoms with Crippen molar-refractivity contribution in [2.75, 3.05) is 13.1 Å². The number of hydrogen-bond acceptors (Lipinski definition) is 2. The average molecular weight is 292 g/mol. The first kappa shape index (κ1) is 13.5. The molecule has 5 heteroatoms. The molecule has 1 aliphatic rings. The van der Waals surface area contributed by atoms with Crippen molar-refractivity contribution in [3.05, 3.63) is 35.0 Å². The molecule has 0 aliphatic carbocycles. The molecule has 2 heterocycles. The van der Waals surface area contributed by atoms with Crippen LogP contribution in [0.15, 0.2) is 24.4 Å². The number of benzene rings is 1. The van der Waals surface area contributed by atoms with Gasteiger partial charge in [-0.3, -0.25) is 4.79 Å². The molecule has 3 rings (SSSR count). The number of H-pyrrole nitrogens is 1. The molecule has 2 aromatic rings. The molecule has 1 aromatic heterocycles. The Kier molecular flexibility index (Phi) is 3.94. The normalized spacial score (nSPS) is 18.6. The second-order valence-corrected chi connectivity index (χ2v) is 5.63. The average Bonchev–Trinajstić information content (AvgIpc) is 3.08. The van der Waals surface area contributed by atoms with E-state index < -0.39 is 0 Å². The number of amides is 1. The number of aromatic amines is 1. The van der Waals surface area contributed by atoms with E-state index in [1.54, 1.807) is 0 Å². The Morgan fingerprint density at radius 2 is 2.35 bits per heavy atom. The third-order valence-corrected chi connectivity index (χ3v) is 4.03. The van der Waals surface area contributed by atoms with Crippen LogP contribution >= 0.6 is 11.6 Å². The van der Waals surface area contributed by atoms with Gasteiger partial charge >= 0.3 is 0 Å². The second-order valence-electron chi connectivity index (χ2n) is 5.19. The molecule has 4 nitrogen and oxygen atoms in total. The van der Waals surface area contributed by atoms with Gasteiger partial charge in [0, 0.05) is 28.7 Å². The molecule has 1 aromatic carbocycles. The summed E-state index contributed by atoms with van der Waals surface area (Å²) in [5.74, 6) is 0.111. The summed E-state index contributed by atoms with van der Waals surface area (Å²) in [4.78, 5) is 15.1. The van der Waals surface area contributed by atoms with Gasteiger partial charge in [-0.2, -0.15) is 0 Å². The van der Waals surface area contributed by atoms with E-state index in [0.717, 1.165) is 41.7 Å². The Hall–Kier alpha value is -1.52. The number of halogens is 1. The van der Waals surface area contributed by atoms with Crippen LogP contribution in [0.3, 0.4) is 0 Å². The summed E-state index contributed by atoms with van der Waals surface area (Å²) >= 11 is 6.03. The number of carbonyl (C=O) groups is 1. The summed E-state index contributed by atoms with van der Waals surface area (Å²) in [5, 5.41) is 8.06. The summed E-state index contributed by atoms with van der Waals surface area (Å²) in [6, 6.07) is 5.80. The molecular weight excluding hydrogens is 274 g/mol. The summed E-state index contributed by atoms with van der Waals surface area (Å²) in [6.07, 6.45) is 4.81. The molecule has 1 saturated heterocycles. The van der Waals surface area contributed by atoms with Gasteiger partial charge in [0.15, 0.2) is 0 Å². The van der Waals surface area contributed by atoms with E-state index in [2.05, 4.69) is 15.6 Å². The maximum atomic E-state index is 11.9. The van der Waals surface area contributed by atoms with E-state index in [9.17, 15) is 4.79 Å². The van der Waals surface area contributed by atoms with Crippen molar-refractivity contribution in [1.82, 2.24) is 15.6 Å². The lowest BCUT2D eigenvalue weighted by molar-refractivity contribution is -0.122. The maximum Gasteiger partial charge on any atom is 0.237 e. The molecule has 1 atom stereocenters. The van der Waals surface area contributed by atoms with Gasteiger partial charge in [-0.15, -0.1) is 0 Å². The summed E-state index contributed by atoms with van der Waals surface area (Å²) < 4.78 is 0. The summed E-state index contributed by atoms with van der Waals surface area (Å²) in [6.45, 7) is 1.59. The van der Waals surface area contributed by atoms with Crippen molar-refractivity contribution in [3.8, 4) is 0 Å². The van der Waals surface area contributed by atoms with Crippen LogP contribution in [0.5, 0.6) is 0 Å². The van der Waals surface area contributed by atoms with Gasteiger partial charge in [0.1, 0.15) is 0 Å². The fourth-order valence-corrected chi connectivity index (χ4v) is 2.88. The van der Waals surface area contributed by atoms with Crippen LogP contribution < -0.4 is 10.6 Å². The van der Waals surface area contributed by atoms with Crippen molar-refractivity contribution in [3.63, 3.8) is 0 Å². The quantitative estimate of drug-likeness (QED) is 0.809. The van der Waals surface area contributed by atoms with Crippen molar-refractivity contribution in [2.45, 2.75) is 25.3 Å². The Bertz CT molecular complexity index is 617. The van der Waals surface area contributed by atoms with Crippen LogP contribution in [0, 0.1) is 0 Å². The fraction of sp³-hybridized carbons (Fsp3) is 0.400. The van der Waals surface area contributed by atoms with E-state index in [-0.39, 0.29) is 11.9 Å².